The average Bonchev–Trinajstić information content (AvgIpc) is 2.16. The highest BCUT2D eigenvalue weighted by Crippen LogP contribution is 1.93. The molecule has 0 atom stereocenters. The number of carbonyl (C=O) groups excluding carboxylic acids is 1. The van der Waals surface area contributed by atoms with Gasteiger partial charge in [0.15, 0.2) is 0 Å². The Labute approximate surface area is 76.9 Å². The Hall–Kier alpha value is -1.42. The molecule has 0 aliphatic rings. The highest BCUT2D eigenvalue weighted by atomic mass is 16.6. The van der Waals surface area contributed by atoms with Crippen molar-refractivity contribution in [2.45, 2.75) is 13.3 Å². The fraction of sp³-hybridized carbons (Fsp3) is 0.333. The van der Waals surface area contributed by atoms with Gasteiger partial charge in [-0.1, -0.05) is 6.07 Å². The normalized spacial score (nSPS) is 9.62. The van der Waals surface area contributed by atoms with Gasteiger partial charge in [0.05, 0.1) is 13.0 Å². The van der Waals surface area contributed by atoms with Crippen LogP contribution in [0, 0.1) is 0 Å². The number of carbonyl (C=O) groups is 1. The first kappa shape index (κ1) is 9.67. The van der Waals surface area contributed by atoms with Crippen molar-refractivity contribution in [1.82, 2.24) is 10.5 Å². The molecule has 0 aliphatic heterocycles. The first-order chi connectivity index (χ1) is 6.33. The number of nitrogens with one attached hydrogen (secondary N) is 1. The predicted octanol–water partition coefficient (Wildman–Crippen LogP) is 0.692. The van der Waals surface area contributed by atoms with Crippen LogP contribution < -0.4 is 5.48 Å². The summed E-state index contributed by atoms with van der Waals surface area (Å²) >= 11 is 0. The zero-order valence-corrected chi connectivity index (χ0v) is 7.49. The van der Waals surface area contributed by atoms with E-state index in [1.54, 1.807) is 19.2 Å². The summed E-state index contributed by atoms with van der Waals surface area (Å²) in [5, 5.41) is 0. The molecule has 4 heteroatoms. The summed E-state index contributed by atoms with van der Waals surface area (Å²) in [4.78, 5) is 19.8. The number of rotatable bonds is 4. The fourth-order valence-corrected chi connectivity index (χ4v) is 0.856. The molecule has 70 valence electrons. The maximum Gasteiger partial charge on any atom is 0.249 e. The van der Waals surface area contributed by atoms with Gasteiger partial charge in [-0.2, -0.15) is 0 Å². The van der Waals surface area contributed by atoms with E-state index in [1.165, 1.54) is 0 Å². The van der Waals surface area contributed by atoms with E-state index in [0.29, 0.717) is 6.61 Å². The van der Waals surface area contributed by atoms with E-state index in [2.05, 4.69) is 10.5 Å². The second kappa shape index (κ2) is 5.27. The Morgan fingerprint density at radius 1 is 1.62 bits per heavy atom. The summed E-state index contributed by atoms with van der Waals surface area (Å²) < 4.78 is 0. The van der Waals surface area contributed by atoms with Crippen molar-refractivity contribution in [3.63, 3.8) is 0 Å². The van der Waals surface area contributed by atoms with E-state index < -0.39 is 0 Å². The van der Waals surface area contributed by atoms with E-state index in [0.717, 1.165) is 5.69 Å². The third kappa shape index (κ3) is 3.66. The largest absolute Gasteiger partial charge is 0.274 e. The zero-order valence-electron chi connectivity index (χ0n) is 7.49. The van der Waals surface area contributed by atoms with Crippen LogP contribution in [0.2, 0.25) is 0 Å². The highest BCUT2D eigenvalue weighted by molar-refractivity contribution is 5.76. The van der Waals surface area contributed by atoms with Crippen LogP contribution in [0.4, 0.5) is 0 Å². The van der Waals surface area contributed by atoms with Gasteiger partial charge in [-0.05, 0) is 19.1 Å². The maximum absolute atomic E-state index is 11.1. The summed E-state index contributed by atoms with van der Waals surface area (Å²) in [6, 6.07) is 5.45. The van der Waals surface area contributed by atoms with Crippen LogP contribution >= 0.6 is 0 Å². The molecule has 0 radical (unpaired) electrons. The fourth-order valence-electron chi connectivity index (χ4n) is 0.856. The second-order valence-corrected chi connectivity index (χ2v) is 2.46. The van der Waals surface area contributed by atoms with E-state index >= 15 is 0 Å². The number of pyridine rings is 1. The molecule has 1 aromatic heterocycles. The third-order valence-corrected chi connectivity index (χ3v) is 1.40. The van der Waals surface area contributed by atoms with Crippen LogP contribution in [0.15, 0.2) is 24.4 Å². The van der Waals surface area contributed by atoms with Crippen molar-refractivity contribution in [2.24, 2.45) is 0 Å². The molecule has 0 spiro atoms. The maximum atomic E-state index is 11.1. The summed E-state index contributed by atoms with van der Waals surface area (Å²) in [7, 11) is 0. The Morgan fingerprint density at radius 2 is 2.46 bits per heavy atom. The molecule has 0 unspecified atom stereocenters. The summed E-state index contributed by atoms with van der Waals surface area (Å²) in [6.45, 7) is 2.27. The molecular weight excluding hydrogens is 168 g/mol. The highest BCUT2D eigenvalue weighted by Gasteiger charge is 2.02. The summed E-state index contributed by atoms with van der Waals surface area (Å²) in [5.74, 6) is -0.180. The van der Waals surface area contributed by atoms with Gasteiger partial charge in [-0.15, -0.1) is 0 Å². The predicted molar refractivity (Wildman–Crippen MR) is 47.7 cm³/mol. The number of hydrogen-bond donors (Lipinski definition) is 1. The van der Waals surface area contributed by atoms with Gasteiger partial charge >= 0.3 is 0 Å². The van der Waals surface area contributed by atoms with Crippen molar-refractivity contribution in [3.8, 4) is 0 Å². The van der Waals surface area contributed by atoms with Crippen molar-refractivity contribution >= 4 is 5.91 Å². The van der Waals surface area contributed by atoms with E-state index in [1.807, 2.05) is 12.1 Å². The number of amides is 1. The van der Waals surface area contributed by atoms with Crippen molar-refractivity contribution < 1.29 is 9.63 Å². The Bertz CT molecular complexity index is 262. The Kier molecular flexibility index (Phi) is 3.92. The molecule has 0 saturated heterocycles. The van der Waals surface area contributed by atoms with Crippen LogP contribution in [0.25, 0.3) is 0 Å². The number of hydroxylamine groups is 1. The van der Waals surface area contributed by atoms with E-state index in [9.17, 15) is 4.79 Å². The number of hydrogen-bond acceptors (Lipinski definition) is 3. The minimum absolute atomic E-state index is 0.180. The van der Waals surface area contributed by atoms with Crippen LogP contribution in [0.1, 0.15) is 12.6 Å². The molecular formula is C9H12N2O2. The monoisotopic (exact) mass is 180 g/mol. The molecule has 0 fully saturated rings. The standard InChI is InChI=1S/C9H12N2O2/c1-2-13-11-9(12)7-8-5-3-4-6-10-8/h3-6H,2,7H2,1H3,(H,11,12). The van der Waals surface area contributed by atoms with E-state index in [4.69, 9.17) is 4.84 Å². The number of nitrogens with zero attached hydrogens (tertiary/aromatic N) is 1. The lowest BCUT2D eigenvalue weighted by Gasteiger charge is -2.02. The first-order valence-electron chi connectivity index (χ1n) is 4.13. The minimum atomic E-state index is -0.180. The average molecular weight is 180 g/mol. The van der Waals surface area contributed by atoms with Gasteiger partial charge < -0.3 is 0 Å². The second-order valence-electron chi connectivity index (χ2n) is 2.46. The first-order valence-corrected chi connectivity index (χ1v) is 4.13. The smallest absolute Gasteiger partial charge is 0.249 e. The molecule has 0 bridgehead atoms. The summed E-state index contributed by atoms with van der Waals surface area (Å²) in [5.41, 5.74) is 3.04. The molecule has 4 nitrogen and oxygen atoms in total. The molecule has 1 N–H and O–H groups in total. The molecule has 0 aliphatic carbocycles. The summed E-state index contributed by atoms with van der Waals surface area (Å²) in [6.07, 6.45) is 1.91. The minimum Gasteiger partial charge on any atom is -0.274 e. The van der Waals surface area contributed by atoms with Crippen LogP contribution in [-0.2, 0) is 16.1 Å². The van der Waals surface area contributed by atoms with E-state index in [-0.39, 0.29) is 12.3 Å². The molecule has 13 heavy (non-hydrogen) atoms. The SMILES string of the molecule is CCONC(=O)Cc1ccccn1. The molecule has 0 saturated carbocycles. The van der Waals surface area contributed by atoms with Crippen molar-refractivity contribution in [2.75, 3.05) is 6.61 Å². The third-order valence-electron chi connectivity index (χ3n) is 1.40. The Balaban J connectivity index is 2.37. The topological polar surface area (TPSA) is 51.2 Å². The van der Waals surface area contributed by atoms with Crippen molar-refractivity contribution in [1.29, 1.82) is 0 Å². The quantitative estimate of drug-likeness (QED) is 0.693. The molecule has 1 heterocycles. The lowest BCUT2D eigenvalue weighted by molar-refractivity contribution is -0.132. The van der Waals surface area contributed by atoms with Gasteiger partial charge in [-0.25, -0.2) is 5.48 Å². The van der Waals surface area contributed by atoms with Gasteiger partial charge in [0, 0.05) is 11.9 Å². The Morgan fingerprint density at radius 3 is 3.08 bits per heavy atom. The van der Waals surface area contributed by atoms with Gasteiger partial charge in [0.25, 0.3) is 0 Å². The number of aromatic nitrogens is 1. The molecule has 1 rings (SSSR count). The van der Waals surface area contributed by atoms with Crippen LogP contribution in [0.5, 0.6) is 0 Å². The zero-order chi connectivity index (χ0) is 9.52. The van der Waals surface area contributed by atoms with Crippen molar-refractivity contribution in [3.05, 3.63) is 30.1 Å². The van der Waals surface area contributed by atoms with Gasteiger partial charge in [0.2, 0.25) is 5.91 Å². The van der Waals surface area contributed by atoms with Gasteiger partial charge in [-0.3, -0.25) is 14.6 Å². The molecule has 1 amide bonds. The van der Waals surface area contributed by atoms with Crippen LogP contribution in [0.3, 0.4) is 0 Å². The lowest BCUT2D eigenvalue weighted by Crippen LogP contribution is -2.25. The van der Waals surface area contributed by atoms with Gasteiger partial charge in [0.1, 0.15) is 0 Å². The lowest BCUT2D eigenvalue weighted by atomic mass is 10.3. The van der Waals surface area contributed by atoms with Crippen LogP contribution in [-0.4, -0.2) is 17.5 Å². The molecule has 0 aromatic carbocycles. The molecule has 1 aromatic rings.